The number of hydrogen-bond acceptors (Lipinski definition) is 6. The summed E-state index contributed by atoms with van der Waals surface area (Å²) in [4.78, 5) is 2.36. The van der Waals surface area contributed by atoms with E-state index in [1.54, 1.807) is 4.68 Å². The zero-order chi connectivity index (χ0) is 24.4. The van der Waals surface area contributed by atoms with Gasteiger partial charge in [-0.2, -0.15) is 15.5 Å². The highest BCUT2D eigenvalue weighted by Crippen LogP contribution is 2.39. The topological polar surface area (TPSA) is 83.9 Å². The van der Waals surface area contributed by atoms with Crippen molar-refractivity contribution in [1.29, 1.82) is 5.26 Å². The van der Waals surface area contributed by atoms with E-state index < -0.39 is 0 Å². The molecule has 0 amide bonds. The maximum atomic E-state index is 10.1. The molecule has 0 unspecified atom stereocenters. The molecule has 5 rings (SSSR count). The first-order valence-electron chi connectivity index (χ1n) is 12.9. The minimum Gasteiger partial charge on any atom is -0.381 e. The fourth-order valence-electron chi connectivity index (χ4n) is 5.43. The molecule has 0 radical (unpaired) electrons. The van der Waals surface area contributed by atoms with Crippen LogP contribution < -0.4 is 10.2 Å². The van der Waals surface area contributed by atoms with E-state index in [0.717, 1.165) is 87.6 Å². The molecule has 2 aromatic heterocycles. The Balaban J connectivity index is 1.64. The van der Waals surface area contributed by atoms with Gasteiger partial charge in [-0.1, -0.05) is 13.8 Å². The van der Waals surface area contributed by atoms with Gasteiger partial charge in [-0.05, 0) is 43.4 Å². The van der Waals surface area contributed by atoms with Crippen molar-refractivity contribution < 1.29 is 4.74 Å². The smallest absolute Gasteiger partial charge is 0.159 e. The van der Waals surface area contributed by atoms with E-state index in [-0.39, 0.29) is 0 Å². The zero-order valence-corrected chi connectivity index (χ0v) is 21.0. The van der Waals surface area contributed by atoms with E-state index in [1.807, 2.05) is 19.4 Å². The van der Waals surface area contributed by atoms with Gasteiger partial charge < -0.3 is 15.0 Å². The molecular formula is C27H35N7O. The Labute approximate surface area is 207 Å². The van der Waals surface area contributed by atoms with Crippen LogP contribution in [0.5, 0.6) is 0 Å². The van der Waals surface area contributed by atoms with E-state index in [0.29, 0.717) is 11.6 Å². The summed E-state index contributed by atoms with van der Waals surface area (Å²) in [6, 6.07) is 7.07. The highest BCUT2D eigenvalue weighted by Gasteiger charge is 2.30. The lowest BCUT2D eigenvalue weighted by molar-refractivity contribution is 0.0653. The second kappa shape index (κ2) is 10.2. The Morgan fingerprint density at radius 1 is 1.26 bits per heavy atom. The SMILES string of the molecule is CCCN(c1cc(C#N)c(-c2cnn(C)c2)cc1CC)c1nn(C2CCOCC2)c2c1CNCC2. The summed E-state index contributed by atoms with van der Waals surface area (Å²) in [6.45, 7) is 8.64. The van der Waals surface area contributed by atoms with Crippen LogP contribution in [0.1, 0.15) is 61.5 Å². The molecule has 8 nitrogen and oxygen atoms in total. The molecule has 0 atom stereocenters. The predicted octanol–water partition coefficient (Wildman–Crippen LogP) is 4.26. The third-order valence-electron chi connectivity index (χ3n) is 7.20. The van der Waals surface area contributed by atoms with Crippen LogP contribution in [0.3, 0.4) is 0 Å². The van der Waals surface area contributed by atoms with Gasteiger partial charge in [-0.3, -0.25) is 9.36 Å². The highest BCUT2D eigenvalue weighted by atomic mass is 16.5. The molecule has 0 aliphatic carbocycles. The van der Waals surface area contributed by atoms with Gasteiger partial charge >= 0.3 is 0 Å². The Morgan fingerprint density at radius 2 is 2.09 bits per heavy atom. The molecule has 1 N–H and O–H groups in total. The number of aromatic nitrogens is 4. The Hall–Kier alpha value is -3.15. The zero-order valence-electron chi connectivity index (χ0n) is 21.0. The molecule has 0 bridgehead atoms. The van der Waals surface area contributed by atoms with E-state index in [9.17, 15) is 5.26 Å². The van der Waals surface area contributed by atoms with Crippen LogP contribution >= 0.6 is 0 Å². The number of fused-ring (bicyclic) bond motifs is 1. The molecular weight excluding hydrogens is 438 g/mol. The molecule has 4 heterocycles. The van der Waals surface area contributed by atoms with Gasteiger partial charge in [0.15, 0.2) is 5.82 Å². The van der Waals surface area contributed by atoms with Gasteiger partial charge in [-0.15, -0.1) is 0 Å². The monoisotopic (exact) mass is 473 g/mol. The van der Waals surface area contributed by atoms with Crippen LogP contribution in [0.25, 0.3) is 11.1 Å². The normalized spacial score (nSPS) is 16.2. The summed E-state index contributed by atoms with van der Waals surface area (Å²) >= 11 is 0. The summed E-state index contributed by atoms with van der Waals surface area (Å²) in [6.07, 6.45) is 8.66. The van der Waals surface area contributed by atoms with Crippen LogP contribution in [-0.2, 0) is 31.2 Å². The number of nitrogens with one attached hydrogen (secondary N) is 1. The van der Waals surface area contributed by atoms with E-state index in [4.69, 9.17) is 9.84 Å². The lowest BCUT2D eigenvalue weighted by Crippen LogP contribution is -2.28. The molecule has 184 valence electrons. The van der Waals surface area contributed by atoms with Crippen molar-refractivity contribution in [3.05, 3.63) is 46.9 Å². The van der Waals surface area contributed by atoms with Crippen molar-refractivity contribution in [2.75, 3.05) is 31.2 Å². The highest BCUT2D eigenvalue weighted by molar-refractivity contribution is 5.78. The van der Waals surface area contributed by atoms with E-state index in [1.165, 1.54) is 16.8 Å². The van der Waals surface area contributed by atoms with Crippen molar-refractivity contribution in [2.24, 2.45) is 7.05 Å². The van der Waals surface area contributed by atoms with Crippen LogP contribution in [0.15, 0.2) is 24.5 Å². The van der Waals surface area contributed by atoms with Gasteiger partial charge in [0.05, 0.1) is 23.9 Å². The molecule has 2 aliphatic rings. The number of anilines is 2. The average molecular weight is 474 g/mol. The summed E-state index contributed by atoms with van der Waals surface area (Å²) in [5.74, 6) is 1.04. The maximum Gasteiger partial charge on any atom is 0.159 e. The number of nitriles is 1. The van der Waals surface area contributed by atoms with Gasteiger partial charge in [0, 0.05) is 80.6 Å². The lowest BCUT2D eigenvalue weighted by atomic mass is 9.96. The van der Waals surface area contributed by atoms with E-state index in [2.05, 4.69) is 52.0 Å². The number of nitrogens with zero attached hydrogens (tertiary/aromatic N) is 6. The number of ether oxygens (including phenoxy) is 1. The molecule has 1 saturated heterocycles. The van der Waals surface area contributed by atoms with Crippen molar-refractivity contribution in [2.45, 2.75) is 58.5 Å². The van der Waals surface area contributed by atoms with Crippen molar-refractivity contribution in [3.8, 4) is 17.2 Å². The Bertz CT molecular complexity index is 1230. The second-order valence-corrected chi connectivity index (χ2v) is 9.51. The van der Waals surface area contributed by atoms with Gasteiger partial charge in [0.25, 0.3) is 0 Å². The first-order valence-corrected chi connectivity index (χ1v) is 12.9. The van der Waals surface area contributed by atoms with Crippen LogP contribution in [0, 0.1) is 11.3 Å². The number of rotatable bonds is 7. The molecule has 1 fully saturated rings. The third kappa shape index (κ3) is 4.46. The standard InChI is InChI=1S/C27H35N7O/c1-4-10-33(26-14-20(15-28)23(13-19(26)5-2)21-16-30-32(3)18-21)27-24-17-29-9-6-25(24)34(31-27)22-7-11-35-12-8-22/h13-14,16,18,22,29H,4-12,17H2,1-3H3. The van der Waals surface area contributed by atoms with Gasteiger partial charge in [0.1, 0.15) is 0 Å². The molecule has 2 aliphatic heterocycles. The second-order valence-electron chi connectivity index (χ2n) is 9.51. The summed E-state index contributed by atoms with van der Waals surface area (Å²) in [7, 11) is 1.90. The molecule has 35 heavy (non-hydrogen) atoms. The summed E-state index contributed by atoms with van der Waals surface area (Å²) < 4.78 is 9.71. The minimum absolute atomic E-state index is 0.390. The quantitative estimate of drug-likeness (QED) is 0.552. The van der Waals surface area contributed by atoms with Crippen molar-refractivity contribution >= 4 is 11.5 Å². The first-order chi connectivity index (χ1) is 17.1. The Morgan fingerprint density at radius 3 is 2.77 bits per heavy atom. The van der Waals surface area contributed by atoms with E-state index >= 15 is 0 Å². The lowest BCUT2D eigenvalue weighted by Gasteiger charge is -2.27. The van der Waals surface area contributed by atoms with Crippen molar-refractivity contribution in [3.63, 3.8) is 0 Å². The number of hydrogen-bond donors (Lipinski definition) is 1. The molecule has 0 spiro atoms. The first kappa shape index (κ1) is 23.6. The van der Waals surface area contributed by atoms with Crippen LogP contribution in [0.2, 0.25) is 0 Å². The molecule has 8 heteroatoms. The predicted molar refractivity (Wildman–Crippen MR) is 137 cm³/mol. The largest absolute Gasteiger partial charge is 0.381 e. The Kier molecular flexibility index (Phi) is 6.89. The fourth-order valence-corrected chi connectivity index (χ4v) is 5.43. The molecule has 0 saturated carbocycles. The van der Waals surface area contributed by atoms with Crippen LogP contribution in [-0.4, -0.2) is 45.9 Å². The van der Waals surface area contributed by atoms with Gasteiger partial charge in [0.2, 0.25) is 0 Å². The third-order valence-corrected chi connectivity index (χ3v) is 7.20. The fraction of sp³-hybridized carbons (Fsp3) is 0.519. The van der Waals surface area contributed by atoms with Crippen LogP contribution in [0.4, 0.5) is 11.5 Å². The molecule has 3 aromatic rings. The maximum absolute atomic E-state index is 10.1. The number of benzene rings is 1. The average Bonchev–Trinajstić information content (AvgIpc) is 3.51. The van der Waals surface area contributed by atoms with Gasteiger partial charge in [-0.25, -0.2) is 0 Å². The summed E-state index contributed by atoms with van der Waals surface area (Å²) in [5, 5.41) is 23.2. The number of aryl methyl sites for hydroxylation is 2. The molecule has 1 aromatic carbocycles. The minimum atomic E-state index is 0.390. The van der Waals surface area contributed by atoms with Crippen molar-refractivity contribution in [1.82, 2.24) is 24.9 Å². The summed E-state index contributed by atoms with van der Waals surface area (Å²) in [5.41, 5.74) is 7.54.